The van der Waals surface area contributed by atoms with E-state index in [0.29, 0.717) is 10.1 Å². The van der Waals surface area contributed by atoms with Crippen LogP contribution in [0.15, 0.2) is 34.3 Å². The smallest absolute Gasteiger partial charge is 0.0957 e. The minimum absolute atomic E-state index is 0.379. The lowest BCUT2D eigenvalue weighted by atomic mass is 9.96. The molecule has 1 aliphatic rings. The number of alkyl halides is 2. The van der Waals surface area contributed by atoms with Gasteiger partial charge in [-0.1, -0.05) is 47.5 Å². The molecule has 0 fully saturated rings. The normalized spacial score (nSPS) is 26.3. The largest absolute Gasteiger partial charge is 0.112 e. The van der Waals surface area contributed by atoms with Crippen LogP contribution >= 0.6 is 46.4 Å². The third-order valence-corrected chi connectivity index (χ3v) is 4.29. The number of hydrogen-bond acceptors (Lipinski definition) is 0. The molecule has 0 nitrogen and oxygen atoms in total. The van der Waals surface area contributed by atoms with Gasteiger partial charge in [0.1, 0.15) is 0 Å². The Balaban J connectivity index is 2.61. The van der Waals surface area contributed by atoms with E-state index in [4.69, 9.17) is 46.4 Å². The van der Waals surface area contributed by atoms with Crippen LogP contribution in [0.1, 0.15) is 21.9 Å². The van der Waals surface area contributed by atoms with Crippen LogP contribution in [0.3, 0.4) is 0 Å². The van der Waals surface area contributed by atoms with Crippen molar-refractivity contribution in [2.45, 2.75) is 10.8 Å². The van der Waals surface area contributed by atoms with E-state index in [9.17, 15) is 0 Å². The van der Waals surface area contributed by atoms with Crippen molar-refractivity contribution in [3.05, 3.63) is 45.5 Å². The maximum absolute atomic E-state index is 6.12. The van der Waals surface area contributed by atoms with Crippen molar-refractivity contribution in [2.24, 2.45) is 0 Å². The van der Waals surface area contributed by atoms with Crippen molar-refractivity contribution >= 4 is 46.4 Å². The van der Waals surface area contributed by atoms with Gasteiger partial charge in [-0.3, -0.25) is 0 Å². The van der Waals surface area contributed by atoms with Crippen molar-refractivity contribution in [1.82, 2.24) is 0 Å². The molecule has 2 atom stereocenters. The first kappa shape index (κ1) is 10.6. The minimum Gasteiger partial charge on any atom is -0.112 e. The second kappa shape index (κ2) is 3.94. The van der Waals surface area contributed by atoms with Crippen molar-refractivity contribution < 1.29 is 0 Å². The van der Waals surface area contributed by atoms with E-state index in [-0.39, 0.29) is 10.8 Å². The molecule has 1 aliphatic carbocycles. The van der Waals surface area contributed by atoms with Gasteiger partial charge >= 0.3 is 0 Å². The van der Waals surface area contributed by atoms with Crippen LogP contribution in [0.2, 0.25) is 0 Å². The van der Waals surface area contributed by atoms with Crippen molar-refractivity contribution in [3.8, 4) is 0 Å². The number of rotatable bonds is 0. The lowest BCUT2D eigenvalue weighted by molar-refractivity contribution is 1.00. The fourth-order valence-corrected chi connectivity index (χ4v) is 2.69. The highest BCUT2D eigenvalue weighted by atomic mass is 35.5. The predicted molar refractivity (Wildman–Crippen MR) is 62.4 cm³/mol. The summed E-state index contributed by atoms with van der Waals surface area (Å²) in [7, 11) is 0. The molecule has 1 aromatic carbocycles. The highest BCUT2D eigenvalue weighted by Crippen LogP contribution is 2.49. The second-order valence-corrected chi connectivity index (χ2v) is 4.74. The Bertz CT molecular complexity index is 360. The van der Waals surface area contributed by atoms with E-state index in [1.54, 1.807) is 0 Å². The SMILES string of the molecule is ClC1=C(Cl)C(Cl)c2ccccc2C1Cl. The maximum Gasteiger partial charge on any atom is 0.0957 e. The Hall–Kier alpha value is 0.120. The first-order valence-corrected chi connectivity index (χ1v) is 5.68. The van der Waals surface area contributed by atoms with Crippen molar-refractivity contribution in [2.75, 3.05) is 0 Å². The number of allylic oxidation sites excluding steroid dienone is 2. The fourth-order valence-electron chi connectivity index (χ4n) is 1.49. The first-order chi connectivity index (χ1) is 6.63. The molecule has 1 aromatic rings. The molecule has 0 aliphatic heterocycles. The highest BCUT2D eigenvalue weighted by Gasteiger charge is 2.30. The molecule has 0 saturated carbocycles. The Labute approximate surface area is 102 Å². The van der Waals surface area contributed by atoms with E-state index in [1.165, 1.54) is 0 Å². The first-order valence-electron chi connectivity index (χ1n) is 4.05. The van der Waals surface area contributed by atoms with Crippen LogP contribution < -0.4 is 0 Å². The summed E-state index contributed by atoms with van der Waals surface area (Å²) >= 11 is 24.2. The van der Waals surface area contributed by atoms with Gasteiger partial charge in [-0.05, 0) is 11.1 Å². The average molecular weight is 268 g/mol. The molecule has 4 heteroatoms. The molecule has 0 heterocycles. The number of fused-ring (bicyclic) bond motifs is 1. The van der Waals surface area contributed by atoms with Gasteiger partial charge in [0.15, 0.2) is 0 Å². The second-order valence-electron chi connectivity index (χ2n) is 3.05. The van der Waals surface area contributed by atoms with E-state index < -0.39 is 0 Å². The number of hydrogen-bond donors (Lipinski definition) is 0. The summed E-state index contributed by atoms with van der Waals surface area (Å²) in [6.07, 6.45) is 0. The zero-order chi connectivity index (χ0) is 10.3. The van der Waals surface area contributed by atoms with Gasteiger partial charge in [0.05, 0.1) is 20.8 Å². The summed E-state index contributed by atoms with van der Waals surface area (Å²) in [6.45, 7) is 0. The zero-order valence-electron chi connectivity index (χ0n) is 6.98. The summed E-state index contributed by atoms with van der Waals surface area (Å²) in [5.41, 5.74) is 1.87. The van der Waals surface area contributed by atoms with Gasteiger partial charge in [-0.25, -0.2) is 0 Å². The number of benzene rings is 1. The lowest BCUT2D eigenvalue weighted by Crippen LogP contribution is -2.08. The summed E-state index contributed by atoms with van der Waals surface area (Å²) in [6, 6.07) is 7.63. The van der Waals surface area contributed by atoms with Crippen LogP contribution in [0.25, 0.3) is 0 Å². The van der Waals surface area contributed by atoms with Crippen LogP contribution in [-0.2, 0) is 0 Å². The number of halogens is 4. The van der Waals surface area contributed by atoms with Gasteiger partial charge in [0, 0.05) is 0 Å². The molecule has 0 saturated heterocycles. The van der Waals surface area contributed by atoms with Gasteiger partial charge < -0.3 is 0 Å². The minimum atomic E-state index is -0.379. The lowest BCUT2D eigenvalue weighted by Gasteiger charge is -2.24. The highest BCUT2D eigenvalue weighted by molar-refractivity contribution is 6.46. The summed E-state index contributed by atoms with van der Waals surface area (Å²) in [5, 5.41) is 0.0878. The van der Waals surface area contributed by atoms with Crippen molar-refractivity contribution in [3.63, 3.8) is 0 Å². The molecule has 0 bridgehead atoms. The average Bonchev–Trinajstić information content (AvgIpc) is 2.23. The molecular formula is C10H6Cl4. The molecule has 2 unspecified atom stereocenters. The summed E-state index contributed by atoms with van der Waals surface area (Å²) in [5.74, 6) is 0. The molecule has 74 valence electrons. The third-order valence-electron chi connectivity index (χ3n) is 2.22. The quantitative estimate of drug-likeness (QED) is 0.584. The van der Waals surface area contributed by atoms with Gasteiger partial charge in [-0.15, -0.1) is 23.2 Å². The molecule has 0 radical (unpaired) electrons. The summed E-state index contributed by atoms with van der Waals surface area (Å²) in [4.78, 5) is 0. The van der Waals surface area contributed by atoms with E-state index in [1.807, 2.05) is 24.3 Å². The Morgan fingerprint density at radius 2 is 1.14 bits per heavy atom. The molecule has 0 aromatic heterocycles. The Morgan fingerprint density at radius 3 is 1.50 bits per heavy atom. The van der Waals surface area contributed by atoms with Crippen LogP contribution in [-0.4, -0.2) is 0 Å². The maximum atomic E-state index is 6.12. The zero-order valence-corrected chi connectivity index (χ0v) is 10.00. The molecule has 0 amide bonds. The van der Waals surface area contributed by atoms with E-state index in [2.05, 4.69) is 0 Å². The molecule has 2 rings (SSSR count). The van der Waals surface area contributed by atoms with Crippen LogP contribution in [0.5, 0.6) is 0 Å². The van der Waals surface area contributed by atoms with Crippen molar-refractivity contribution in [1.29, 1.82) is 0 Å². The van der Waals surface area contributed by atoms with E-state index in [0.717, 1.165) is 11.1 Å². The van der Waals surface area contributed by atoms with E-state index >= 15 is 0 Å². The third kappa shape index (κ3) is 1.55. The van der Waals surface area contributed by atoms with Gasteiger partial charge in [-0.2, -0.15) is 0 Å². The Kier molecular flexibility index (Phi) is 2.99. The van der Waals surface area contributed by atoms with Gasteiger partial charge in [0.2, 0.25) is 0 Å². The topological polar surface area (TPSA) is 0 Å². The molecule has 14 heavy (non-hydrogen) atoms. The molecular weight excluding hydrogens is 262 g/mol. The summed E-state index contributed by atoms with van der Waals surface area (Å²) < 4.78 is 0. The molecule has 0 spiro atoms. The molecule has 0 N–H and O–H groups in total. The van der Waals surface area contributed by atoms with Gasteiger partial charge in [0.25, 0.3) is 0 Å². The van der Waals surface area contributed by atoms with Crippen LogP contribution in [0.4, 0.5) is 0 Å². The van der Waals surface area contributed by atoms with Crippen LogP contribution in [0, 0.1) is 0 Å². The standard InChI is InChI=1S/C10H6Cl4/c11-7-5-3-1-2-4-6(5)8(12)10(14)9(7)13/h1-4,7-8H. The fraction of sp³-hybridized carbons (Fsp3) is 0.200. The monoisotopic (exact) mass is 266 g/mol. The predicted octanol–water partition coefficient (Wildman–Crippen LogP) is 4.95. The Morgan fingerprint density at radius 1 is 0.786 bits per heavy atom.